The zero-order valence-corrected chi connectivity index (χ0v) is 27.6. The van der Waals surface area contributed by atoms with Crippen molar-refractivity contribution in [2.75, 3.05) is 39.2 Å². The summed E-state index contributed by atoms with van der Waals surface area (Å²) in [5, 5.41) is 9.54. The maximum atomic E-state index is 13.3. The van der Waals surface area contributed by atoms with Gasteiger partial charge in [0.15, 0.2) is 11.5 Å². The van der Waals surface area contributed by atoms with Gasteiger partial charge in [-0.1, -0.05) is 31.2 Å². The number of Topliss-reactive ketones (excluding diaryl/α,β-unsaturated/α-hetero) is 1. The van der Waals surface area contributed by atoms with Crippen LogP contribution in [0, 0.1) is 12.3 Å². The number of carbonyl (C=O) groups excluding carboxylic acids is 3. The Balaban J connectivity index is 1.38. The normalized spacial score (nSPS) is 15.6. The van der Waals surface area contributed by atoms with E-state index in [9.17, 15) is 27.6 Å². The van der Waals surface area contributed by atoms with Crippen LogP contribution >= 0.6 is 0 Å². The lowest BCUT2D eigenvalue weighted by molar-refractivity contribution is -0.171. The molecule has 1 fully saturated rings. The second-order valence-corrected chi connectivity index (χ2v) is 11.8. The van der Waals surface area contributed by atoms with Crippen LogP contribution in [-0.4, -0.2) is 84.6 Å². The molecular weight excluding hydrogens is 641 g/mol. The number of ether oxygens (including phenoxy) is 2. The van der Waals surface area contributed by atoms with Crippen molar-refractivity contribution in [2.24, 2.45) is 0 Å². The average molecular weight is 683 g/mol. The Morgan fingerprint density at radius 1 is 1.10 bits per heavy atom. The third-order valence-electron chi connectivity index (χ3n) is 8.29. The lowest BCUT2D eigenvalue weighted by atomic mass is 10.0. The Labute approximate surface area is 283 Å². The highest BCUT2D eigenvalue weighted by atomic mass is 19.4. The summed E-state index contributed by atoms with van der Waals surface area (Å²) in [7, 11) is 3.36. The van der Waals surface area contributed by atoms with Crippen LogP contribution < -0.4 is 25.4 Å². The molecule has 0 saturated carbocycles. The Bertz CT molecular complexity index is 1660. The van der Waals surface area contributed by atoms with Crippen LogP contribution in [-0.2, 0) is 14.4 Å². The molecule has 2 aromatic carbocycles. The Kier molecular flexibility index (Phi) is 13.2. The zero-order chi connectivity index (χ0) is 35.4. The largest absolute Gasteiger partial charge is 0.493 e. The lowest BCUT2D eigenvalue weighted by Crippen LogP contribution is -2.54. The van der Waals surface area contributed by atoms with Gasteiger partial charge < -0.3 is 25.4 Å². The van der Waals surface area contributed by atoms with E-state index in [1.165, 1.54) is 13.4 Å². The molecule has 262 valence electrons. The molecule has 1 unspecified atom stereocenters. The molecule has 3 aromatic rings. The van der Waals surface area contributed by atoms with Crippen LogP contribution in [0.15, 0.2) is 42.7 Å². The molecule has 4 rings (SSSR count). The molecule has 2 atom stereocenters. The summed E-state index contributed by atoms with van der Waals surface area (Å²) in [6.45, 7) is 0.908. The number of fused-ring (bicyclic) bond motifs is 1. The smallest absolute Gasteiger partial charge is 0.449 e. The molecule has 2 amide bonds. The monoisotopic (exact) mass is 682 g/mol. The minimum Gasteiger partial charge on any atom is -0.493 e. The van der Waals surface area contributed by atoms with Gasteiger partial charge in [-0.15, -0.1) is 6.42 Å². The predicted molar refractivity (Wildman–Crippen MR) is 179 cm³/mol. The third-order valence-corrected chi connectivity index (χ3v) is 8.29. The number of unbranched alkanes of at least 4 members (excludes halogenated alkanes) is 2. The molecule has 0 spiro atoms. The molecule has 49 heavy (non-hydrogen) atoms. The molecule has 2 heterocycles. The molecule has 11 nitrogen and oxygen atoms in total. The Morgan fingerprint density at radius 2 is 1.92 bits per heavy atom. The first-order chi connectivity index (χ1) is 23.5. The predicted octanol–water partition coefficient (Wildman–Crippen LogP) is 4.91. The third kappa shape index (κ3) is 10.5. The number of piperidine rings is 1. The number of ketones is 1. The van der Waals surface area contributed by atoms with Gasteiger partial charge in [0.25, 0.3) is 0 Å². The molecule has 0 bridgehead atoms. The first kappa shape index (κ1) is 36.9. The Hall–Kier alpha value is -4.90. The van der Waals surface area contributed by atoms with E-state index in [0.29, 0.717) is 53.0 Å². The van der Waals surface area contributed by atoms with E-state index in [1.807, 2.05) is 36.2 Å². The number of alkyl halides is 3. The maximum Gasteiger partial charge on any atom is 0.449 e. The molecule has 1 aliphatic rings. The van der Waals surface area contributed by atoms with Gasteiger partial charge in [-0.3, -0.25) is 19.3 Å². The SMILES string of the molecule is C#Cc1cccc(Nc2ncnc3cc(OC)c(OCCNC(=O)[C@H](CCCCCC(=O)C(F)(F)F)NC(=O)C4CCCCN4C)cc23)c1. The van der Waals surface area contributed by atoms with Gasteiger partial charge in [0.05, 0.1) is 25.2 Å². The number of anilines is 2. The molecule has 1 saturated heterocycles. The first-order valence-corrected chi connectivity index (χ1v) is 16.2. The van der Waals surface area contributed by atoms with E-state index in [2.05, 4.69) is 31.8 Å². The molecule has 3 N–H and O–H groups in total. The van der Waals surface area contributed by atoms with Crippen molar-refractivity contribution in [1.82, 2.24) is 25.5 Å². The second kappa shape index (κ2) is 17.5. The summed E-state index contributed by atoms with van der Waals surface area (Å²) < 4.78 is 49.2. The summed E-state index contributed by atoms with van der Waals surface area (Å²) in [6.07, 6.45) is 4.91. The van der Waals surface area contributed by atoms with Crippen molar-refractivity contribution in [3.05, 3.63) is 48.3 Å². The number of nitrogens with one attached hydrogen (secondary N) is 3. The number of rotatable bonds is 16. The quantitative estimate of drug-likeness (QED) is 0.142. The number of likely N-dealkylation sites (N-methyl/N-ethyl adjacent to an activating group) is 1. The zero-order valence-electron chi connectivity index (χ0n) is 27.6. The van der Waals surface area contributed by atoms with Crippen molar-refractivity contribution in [3.63, 3.8) is 0 Å². The summed E-state index contributed by atoms with van der Waals surface area (Å²) >= 11 is 0. The summed E-state index contributed by atoms with van der Waals surface area (Å²) in [5.41, 5.74) is 2.05. The van der Waals surface area contributed by atoms with E-state index in [0.717, 1.165) is 25.1 Å². The fraction of sp³-hybridized carbons (Fsp3) is 0.457. The molecule has 1 aliphatic heterocycles. The van der Waals surface area contributed by atoms with Gasteiger partial charge in [0.1, 0.15) is 24.8 Å². The van der Waals surface area contributed by atoms with Crippen LogP contribution in [0.4, 0.5) is 24.7 Å². The fourth-order valence-corrected chi connectivity index (χ4v) is 5.61. The molecule has 0 radical (unpaired) electrons. The number of halogens is 3. The minimum absolute atomic E-state index is 0.0347. The van der Waals surface area contributed by atoms with E-state index in [1.54, 1.807) is 12.1 Å². The highest BCUT2D eigenvalue weighted by molar-refractivity contribution is 5.93. The second-order valence-electron chi connectivity index (χ2n) is 11.8. The van der Waals surface area contributed by atoms with Crippen LogP contribution in [0.25, 0.3) is 10.9 Å². The topological polar surface area (TPSA) is 135 Å². The van der Waals surface area contributed by atoms with Crippen LogP contribution in [0.2, 0.25) is 0 Å². The maximum absolute atomic E-state index is 13.3. The molecule has 0 aliphatic carbocycles. The number of methoxy groups -OCH3 is 1. The highest BCUT2D eigenvalue weighted by Gasteiger charge is 2.37. The Morgan fingerprint density at radius 3 is 2.65 bits per heavy atom. The summed E-state index contributed by atoms with van der Waals surface area (Å²) in [6, 6.07) is 9.48. The molecule has 1 aromatic heterocycles. The highest BCUT2D eigenvalue weighted by Crippen LogP contribution is 2.34. The fourth-order valence-electron chi connectivity index (χ4n) is 5.61. The van der Waals surface area contributed by atoms with Crippen LogP contribution in [0.5, 0.6) is 11.5 Å². The number of hydrogen-bond acceptors (Lipinski definition) is 9. The molecular formula is C35H41F3N6O5. The number of aromatic nitrogens is 2. The van der Waals surface area contributed by atoms with Crippen molar-refractivity contribution >= 4 is 40.0 Å². The van der Waals surface area contributed by atoms with Crippen molar-refractivity contribution in [3.8, 4) is 23.8 Å². The number of likely N-dealkylation sites (tertiary alicyclic amines) is 1. The summed E-state index contributed by atoms with van der Waals surface area (Å²) in [5.74, 6) is 1.44. The minimum atomic E-state index is -4.86. The van der Waals surface area contributed by atoms with Crippen LogP contribution in [0.1, 0.15) is 56.9 Å². The first-order valence-electron chi connectivity index (χ1n) is 16.2. The van der Waals surface area contributed by atoms with Gasteiger partial charge in [-0.2, -0.15) is 13.2 Å². The van der Waals surface area contributed by atoms with E-state index >= 15 is 0 Å². The van der Waals surface area contributed by atoms with Gasteiger partial charge >= 0.3 is 6.18 Å². The number of carbonyl (C=O) groups is 3. The number of nitrogens with zero attached hydrogens (tertiary/aromatic N) is 3. The number of terminal acetylenes is 1. The van der Waals surface area contributed by atoms with Gasteiger partial charge in [0.2, 0.25) is 17.6 Å². The van der Waals surface area contributed by atoms with Crippen molar-refractivity contribution in [1.29, 1.82) is 0 Å². The number of amides is 2. The van der Waals surface area contributed by atoms with E-state index in [-0.39, 0.29) is 37.9 Å². The van der Waals surface area contributed by atoms with Crippen molar-refractivity contribution in [2.45, 2.75) is 69.6 Å². The average Bonchev–Trinajstić information content (AvgIpc) is 3.08. The number of benzene rings is 2. The van der Waals surface area contributed by atoms with Crippen molar-refractivity contribution < 1.29 is 37.0 Å². The van der Waals surface area contributed by atoms with E-state index < -0.39 is 30.3 Å². The molecule has 14 heteroatoms. The van der Waals surface area contributed by atoms with Gasteiger partial charge in [-0.05, 0) is 63.5 Å². The van der Waals surface area contributed by atoms with Gasteiger partial charge in [-0.25, -0.2) is 9.97 Å². The summed E-state index contributed by atoms with van der Waals surface area (Å²) in [4.78, 5) is 48.2. The standard InChI is InChI=1S/C35H41F3N6O5/c1-4-23-11-10-12-24(19-23)42-32-25-20-30(29(48-3)21-27(25)40-22-41-32)49-18-16-39-33(46)26(13-6-5-7-15-31(45)35(36,37)38)43-34(47)28-14-8-9-17-44(28)2/h1,10-12,19-22,26,28H,5-9,13-18H2,2-3H3,(H,39,46)(H,43,47)(H,40,41,42)/t26-,28?/m0/s1. The lowest BCUT2D eigenvalue weighted by Gasteiger charge is -2.32. The van der Waals surface area contributed by atoms with Gasteiger partial charge in [0, 0.05) is 29.1 Å². The van der Waals surface area contributed by atoms with Crippen LogP contribution in [0.3, 0.4) is 0 Å². The van der Waals surface area contributed by atoms with E-state index in [4.69, 9.17) is 15.9 Å². The number of hydrogen-bond donors (Lipinski definition) is 3.